The van der Waals surface area contributed by atoms with Crippen LogP contribution < -0.4 is 5.32 Å². The molecule has 2 rings (SSSR count). The first-order valence-corrected chi connectivity index (χ1v) is 4.15. The van der Waals surface area contributed by atoms with Gasteiger partial charge in [-0.2, -0.15) is 0 Å². The number of Topliss-reactive ketones (excluding diaryl/α,β-unsaturated/α-hetero) is 1. The zero-order chi connectivity index (χ0) is 8.39. The normalized spacial score (nSPS) is 22.8. The molecule has 64 valence electrons. The van der Waals surface area contributed by atoms with E-state index in [9.17, 15) is 4.79 Å². The van der Waals surface area contributed by atoms with Gasteiger partial charge in [-0.3, -0.25) is 4.79 Å². The Labute approximate surface area is 70.4 Å². The summed E-state index contributed by atoms with van der Waals surface area (Å²) in [4.78, 5) is 18.3. The number of ketones is 1. The van der Waals surface area contributed by atoms with Crippen molar-refractivity contribution >= 4 is 5.78 Å². The SMILES string of the molecule is O=C(c1ncc[nH]1)C1CCCN1. The summed E-state index contributed by atoms with van der Waals surface area (Å²) in [7, 11) is 0. The second kappa shape index (κ2) is 3.06. The summed E-state index contributed by atoms with van der Waals surface area (Å²) in [5, 5.41) is 3.14. The van der Waals surface area contributed by atoms with E-state index in [1.165, 1.54) is 0 Å². The average Bonchev–Trinajstić information content (AvgIpc) is 2.77. The largest absolute Gasteiger partial charge is 0.342 e. The van der Waals surface area contributed by atoms with E-state index in [-0.39, 0.29) is 11.8 Å². The number of hydrogen-bond acceptors (Lipinski definition) is 3. The van der Waals surface area contributed by atoms with Gasteiger partial charge >= 0.3 is 0 Å². The van der Waals surface area contributed by atoms with E-state index in [1.54, 1.807) is 12.4 Å². The van der Waals surface area contributed by atoms with Gasteiger partial charge in [0, 0.05) is 12.4 Å². The molecule has 0 bridgehead atoms. The van der Waals surface area contributed by atoms with Crippen molar-refractivity contribution in [2.45, 2.75) is 18.9 Å². The smallest absolute Gasteiger partial charge is 0.214 e. The standard InChI is InChI=1S/C8H11N3O/c12-7(6-2-1-3-9-6)8-10-4-5-11-8/h4-6,9H,1-3H2,(H,10,11). The number of imidazole rings is 1. The lowest BCUT2D eigenvalue weighted by Gasteiger charge is -2.04. The highest BCUT2D eigenvalue weighted by Crippen LogP contribution is 2.08. The molecule has 4 nitrogen and oxygen atoms in total. The fraction of sp³-hybridized carbons (Fsp3) is 0.500. The summed E-state index contributed by atoms with van der Waals surface area (Å²) in [5.74, 6) is 0.548. The van der Waals surface area contributed by atoms with Crippen molar-refractivity contribution in [2.24, 2.45) is 0 Å². The Hall–Kier alpha value is -1.16. The summed E-state index contributed by atoms with van der Waals surface area (Å²) in [5.41, 5.74) is 0. The molecular weight excluding hydrogens is 154 g/mol. The molecular formula is C8H11N3O. The second-order valence-corrected chi connectivity index (χ2v) is 2.95. The first-order valence-electron chi connectivity index (χ1n) is 4.15. The number of aromatic nitrogens is 2. The molecule has 12 heavy (non-hydrogen) atoms. The molecule has 1 aliphatic heterocycles. The highest BCUT2D eigenvalue weighted by atomic mass is 16.1. The Morgan fingerprint density at radius 2 is 2.58 bits per heavy atom. The molecule has 4 heteroatoms. The van der Waals surface area contributed by atoms with Crippen LogP contribution in [-0.4, -0.2) is 28.3 Å². The van der Waals surface area contributed by atoms with Crippen LogP contribution >= 0.6 is 0 Å². The third kappa shape index (κ3) is 1.25. The zero-order valence-corrected chi connectivity index (χ0v) is 6.71. The lowest BCUT2D eigenvalue weighted by molar-refractivity contribution is 0.0943. The molecule has 0 spiro atoms. The molecule has 0 aliphatic carbocycles. The van der Waals surface area contributed by atoms with Gasteiger partial charge in [-0.05, 0) is 19.4 Å². The maximum atomic E-state index is 11.6. The van der Waals surface area contributed by atoms with E-state index < -0.39 is 0 Å². The molecule has 1 aromatic heterocycles. The fourth-order valence-electron chi connectivity index (χ4n) is 1.47. The molecule has 1 atom stereocenters. The van der Waals surface area contributed by atoms with Crippen LogP contribution in [0.25, 0.3) is 0 Å². The second-order valence-electron chi connectivity index (χ2n) is 2.95. The van der Waals surface area contributed by atoms with E-state index >= 15 is 0 Å². The molecule has 2 N–H and O–H groups in total. The molecule has 1 aliphatic rings. The lowest BCUT2D eigenvalue weighted by atomic mass is 10.1. The van der Waals surface area contributed by atoms with Crippen LogP contribution in [0.3, 0.4) is 0 Å². The quantitative estimate of drug-likeness (QED) is 0.621. The molecule has 0 amide bonds. The summed E-state index contributed by atoms with van der Waals surface area (Å²) in [6.45, 7) is 0.942. The predicted octanol–water partition coefficient (Wildman–Crippen LogP) is 0.344. The van der Waals surface area contributed by atoms with Crippen LogP contribution in [0.4, 0.5) is 0 Å². The lowest BCUT2D eigenvalue weighted by Crippen LogP contribution is -2.31. The number of nitrogens with one attached hydrogen (secondary N) is 2. The third-order valence-electron chi connectivity index (χ3n) is 2.11. The molecule has 0 aromatic carbocycles. The number of nitrogens with zero attached hydrogens (tertiary/aromatic N) is 1. The van der Waals surface area contributed by atoms with Gasteiger partial charge in [-0.15, -0.1) is 0 Å². The molecule has 0 saturated carbocycles. The van der Waals surface area contributed by atoms with Crippen LogP contribution in [0.15, 0.2) is 12.4 Å². The van der Waals surface area contributed by atoms with Crippen molar-refractivity contribution < 1.29 is 4.79 Å². The Bertz CT molecular complexity index is 262. The number of carbonyl (C=O) groups is 1. The molecule has 1 aromatic rings. The Morgan fingerprint density at radius 1 is 1.67 bits per heavy atom. The monoisotopic (exact) mass is 165 g/mol. The minimum absolute atomic E-state index is 0.0175. The first-order chi connectivity index (χ1) is 5.88. The van der Waals surface area contributed by atoms with Crippen molar-refractivity contribution in [1.29, 1.82) is 0 Å². The van der Waals surface area contributed by atoms with Gasteiger partial charge in [-0.1, -0.05) is 0 Å². The van der Waals surface area contributed by atoms with Crippen molar-refractivity contribution in [3.8, 4) is 0 Å². The van der Waals surface area contributed by atoms with Crippen molar-refractivity contribution in [2.75, 3.05) is 6.54 Å². The van der Waals surface area contributed by atoms with E-state index in [1.807, 2.05) is 0 Å². The molecule has 1 unspecified atom stereocenters. The minimum Gasteiger partial charge on any atom is -0.342 e. The van der Waals surface area contributed by atoms with Gasteiger partial charge < -0.3 is 10.3 Å². The number of H-pyrrole nitrogens is 1. The number of carbonyl (C=O) groups excluding carboxylic acids is 1. The molecule has 1 saturated heterocycles. The third-order valence-corrected chi connectivity index (χ3v) is 2.11. The maximum absolute atomic E-state index is 11.6. The summed E-state index contributed by atoms with van der Waals surface area (Å²) in [6.07, 6.45) is 5.28. The van der Waals surface area contributed by atoms with Crippen molar-refractivity contribution in [1.82, 2.24) is 15.3 Å². The number of rotatable bonds is 2. The summed E-state index contributed by atoms with van der Waals surface area (Å²) >= 11 is 0. The van der Waals surface area contributed by atoms with E-state index in [0.29, 0.717) is 5.82 Å². The van der Waals surface area contributed by atoms with E-state index in [0.717, 1.165) is 19.4 Å². The Kier molecular flexibility index (Phi) is 1.91. The van der Waals surface area contributed by atoms with Crippen LogP contribution in [-0.2, 0) is 0 Å². The topological polar surface area (TPSA) is 57.8 Å². The molecule has 2 heterocycles. The van der Waals surface area contributed by atoms with Crippen LogP contribution in [0.1, 0.15) is 23.5 Å². The van der Waals surface area contributed by atoms with Crippen LogP contribution in [0.5, 0.6) is 0 Å². The highest BCUT2D eigenvalue weighted by molar-refractivity contribution is 5.97. The fourth-order valence-corrected chi connectivity index (χ4v) is 1.47. The van der Waals surface area contributed by atoms with E-state index in [4.69, 9.17) is 0 Å². The van der Waals surface area contributed by atoms with Crippen molar-refractivity contribution in [3.63, 3.8) is 0 Å². The maximum Gasteiger partial charge on any atom is 0.214 e. The predicted molar refractivity (Wildman–Crippen MR) is 43.9 cm³/mol. The van der Waals surface area contributed by atoms with Crippen LogP contribution in [0.2, 0.25) is 0 Å². The minimum atomic E-state index is -0.0175. The highest BCUT2D eigenvalue weighted by Gasteiger charge is 2.24. The molecule has 0 radical (unpaired) electrons. The first kappa shape index (κ1) is 7.49. The molecule has 1 fully saturated rings. The van der Waals surface area contributed by atoms with Gasteiger partial charge in [0.15, 0.2) is 5.82 Å². The van der Waals surface area contributed by atoms with E-state index in [2.05, 4.69) is 15.3 Å². The van der Waals surface area contributed by atoms with Crippen molar-refractivity contribution in [3.05, 3.63) is 18.2 Å². The van der Waals surface area contributed by atoms with Crippen LogP contribution in [0, 0.1) is 0 Å². The summed E-state index contributed by atoms with van der Waals surface area (Å²) in [6, 6.07) is -0.0175. The average molecular weight is 165 g/mol. The van der Waals surface area contributed by atoms with Gasteiger partial charge in [0.1, 0.15) is 0 Å². The zero-order valence-electron chi connectivity index (χ0n) is 6.71. The Balaban J connectivity index is 2.09. The Morgan fingerprint density at radius 3 is 3.17 bits per heavy atom. The summed E-state index contributed by atoms with van der Waals surface area (Å²) < 4.78 is 0. The van der Waals surface area contributed by atoms with Gasteiger partial charge in [0.25, 0.3) is 0 Å². The number of hydrogen-bond donors (Lipinski definition) is 2. The van der Waals surface area contributed by atoms with Gasteiger partial charge in [-0.25, -0.2) is 4.98 Å². The van der Waals surface area contributed by atoms with Gasteiger partial charge in [0.05, 0.1) is 6.04 Å². The van der Waals surface area contributed by atoms with Gasteiger partial charge in [0.2, 0.25) is 5.78 Å². The number of aromatic amines is 1.